The van der Waals surface area contributed by atoms with Gasteiger partial charge in [-0.2, -0.15) is 0 Å². The third kappa shape index (κ3) is 6.50. The highest BCUT2D eigenvalue weighted by Crippen LogP contribution is 2.05. The number of carbonyl (C=O) groups excluding carboxylic acids is 1. The number of nitrogens with one attached hydrogen (secondary N) is 1. The maximum absolute atomic E-state index is 11.3. The number of carbonyl (C=O) groups is 1. The Morgan fingerprint density at radius 3 is 2.86 bits per heavy atom. The van der Waals surface area contributed by atoms with E-state index in [1.807, 2.05) is 6.92 Å². The molecule has 0 saturated carbocycles. The van der Waals surface area contributed by atoms with Crippen molar-refractivity contribution in [3.8, 4) is 12.3 Å². The van der Waals surface area contributed by atoms with E-state index in [0.29, 0.717) is 31.8 Å². The summed E-state index contributed by atoms with van der Waals surface area (Å²) >= 11 is 0. The molecule has 0 aromatic carbocycles. The highest BCUT2D eigenvalue weighted by atomic mass is 16.1. The van der Waals surface area contributed by atoms with E-state index < -0.39 is 0 Å². The highest BCUT2D eigenvalue weighted by molar-refractivity contribution is 5.76. The molecule has 1 unspecified atom stereocenters. The van der Waals surface area contributed by atoms with Crippen LogP contribution in [0.15, 0.2) is 0 Å². The minimum Gasteiger partial charge on any atom is -0.356 e. The summed E-state index contributed by atoms with van der Waals surface area (Å²) in [5.74, 6) is 2.92. The molecule has 0 heterocycles. The van der Waals surface area contributed by atoms with Gasteiger partial charge < -0.3 is 11.1 Å². The predicted molar refractivity (Wildman–Crippen MR) is 58.5 cm³/mol. The first-order chi connectivity index (χ1) is 6.74. The van der Waals surface area contributed by atoms with Crippen LogP contribution >= 0.6 is 0 Å². The predicted octanol–water partition coefficient (Wildman–Crippen LogP) is 0.891. The molecule has 3 N–H and O–H groups in total. The van der Waals surface area contributed by atoms with Crippen LogP contribution in [0.3, 0.4) is 0 Å². The quantitative estimate of drug-likeness (QED) is 0.469. The van der Waals surface area contributed by atoms with Crippen LogP contribution in [0.25, 0.3) is 0 Å². The van der Waals surface area contributed by atoms with Crippen molar-refractivity contribution in [3.05, 3.63) is 0 Å². The lowest BCUT2D eigenvalue weighted by Crippen LogP contribution is -2.28. The molecule has 0 rings (SSSR count). The molecule has 0 saturated heterocycles. The molecule has 0 aliphatic carbocycles. The number of amides is 1. The van der Waals surface area contributed by atoms with Crippen LogP contribution in [-0.4, -0.2) is 19.0 Å². The molecule has 0 aromatic heterocycles. The zero-order chi connectivity index (χ0) is 10.8. The lowest BCUT2D eigenvalue weighted by Gasteiger charge is -2.11. The number of hydrogen-bond acceptors (Lipinski definition) is 2. The third-order valence-corrected chi connectivity index (χ3v) is 2.20. The Bertz CT molecular complexity index is 192. The number of unbranched alkanes of at least 4 members (excludes halogenated alkanes) is 1. The van der Waals surface area contributed by atoms with E-state index in [4.69, 9.17) is 12.2 Å². The van der Waals surface area contributed by atoms with Crippen LogP contribution in [0.4, 0.5) is 0 Å². The number of rotatable bonds is 7. The SMILES string of the molecule is C#CCCCNC(=O)CC(CC)CN. The average Bonchev–Trinajstić information content (AvgIpc) is 2.21. The molecule has 80 valence electrons. The Labute approximate surface area is 86.4 Å². The molecule has 14 heavy (non-hydrogen) atoms. The van der Waals surface area contributed by atoms with Gasteiger partial charge in [0, 0.05) is 19.4 Å². The summed E-state index contributed by atoms with van der Waals surface area (Å²) < 4.78 is 0. The van der Waals surface area contributed by atoms with Crippen LogP contribution in [0, 0.1) is 18.3 Å². The van der Waals surface area contributed by atoms with Gasteiger partial charge in [-0.25, -0.2) is 0 Å². The van der Waals surface area contributed by atoms with Gasteiger partial charge in [-0.15, -0.1) is 12.3 Å². The number of hydrogen-bond donors (Lipinski definition) is 2. The van der Waals surface area contributed by atoms with Crippen molar-refractivity contribution in [2.24, 2.45) is 11.7 Å². The highest BCUT2D eigenvalue weighted by Gasteiger charge is 2.09. The minimum atomic E-state index is 0.0827. The fraction of sp³-hybridized carbons (Fsp3) is 0.727. The van der Waals surface area contributed by atoms with Gasteiger partial charge in [0.25, 0.3) is 0 Å². The van der Waals surface area contributed by atoms with Crippen molar-refractivity contribution >= 4 is 5.91 Å². The maximum Gasteiger partial charge on any atom is 0.220 e. The molecule has 3 heteroatoms. The average molecular weight is 196 g/mol. The third-order valence-electron chi connectivity index (χ3n) is 2.20. The van der Waals surface area contributed by atoms with Crippen molar-refractivity contribution < 1.29 is 4.79 Å². The zero-order valence-corrected chi connectivity index (χ0v) is 8.88. The van der Waals surface area contributed by atoms with Crippen molar-refractivity contribution in [2.75, 3.05) is 13.1 Å². The van der Waals surface area contributed by atoms with Gasteiger partial charge >= 0.3 is 0 Å². The first-order valence-electron chi connectivity index (χ1n) is 5.14. The van der Waals surface area contributed by atoms with Gasteiger partial charge in [0.05, 0.1) is 0 Å². The molecule has 0 aromatic rings. The summed E-state index contributed by atoms with van der Waals surface area (Å²) in [5, 5.41) is 2.83. The molecule has 0 aliphatic rings. The van der Waals surface area contributed by atoms with Crippen molar-refractivity contribution in [1.29, 1.82) is 0 Å². The topological polar surface area (TPSA) is 55.1 Å². The van der Waals surface area contributed by atoms with E-state index in [2.05, 4.69) is 11.2 Å². The van der Waals surface area contributed by atoms with E-state index in [0.717, 1.165) is 12.8 Å². The van der Waals surface area contributed by atoms with Crippen molar-refractivity contribution in [2.45, 2.75) is 32.6 Å². The summed E-state index contributed by atoms with van der Waals surface area (Å²) in [6.07, 6.45) is 8.14. The summed E-state index contributed by atoms with van der Waals surface area (Å²) in [6, 6.07) is 0. The lowest BCUT2D eigenvalue weighted by atomic mass is 10.0. The molecular weight excluding hydrogens is 176 g/mol. The second-order valence-corrected chi connectivity index (χ2v) is 3.37. The molecule has 0 aliphatic heterocycles. The van der Waals surface area contributed by atoms with Crippen LogP contribution in [-0.2, 0) is 4.79 Å². The first kappa shape index (κ1) is 13.0. The Kier molecular flexibility index (Phi) is 7.96. The number of terminal acetylenes is 1. The standard InChI is InChI=1S/C11H20N2O/c1-3-5-6-7-13-11(14)8-10(4-2)9-12/h1,10H,4-9,12H2,2H3,(H,13,14). The summed E-state index contributed by atoms with van der Waals surface area (Å²) in [7, 11) is 0. The summed E-state index contributed by atoms with van der Waals surface area (Å²) in [6.45, 7) is 3.29. The summed E-state index contributed by atoms with van der Waals surface area (Å²) in [5.41, 5.74) is 5.50. The van der Waals surface area contributed by atoms with Gasteiger partial charge in [0.2, 0.25) is 5.91 Å². The van der Waals surface area contributed by atoms with Crippen LogP contribution < -0.4 is 11.1 Å². The molecule has 1 amide bonds. The Hall–Kier alpha value is -1.01. The van der Waals surface area contributed by atoms with E-state index in [9.17, 15) is 4.79 Å². The van der Waals surface area contributed by atoms with Gasteiger partial charge in [-0.3, -0.25) is 4.79 Å². The Morgan fingerprint density at radius 1 is 1.64 bits per heavy atom. The molecule has 0 radical (unpaired) electrons. The monoisotopic (exact) mass is 196 g/mol. The van der Waals surface area contributed by atoms with Crippen LogP contribution in [0.5, 0.6) is 0 Å². The van der Waals surface area contributed by atoms with Crippen molar-refractivity contribution in [1.82, 2.24) is 5.32 Å². The van der Waals surface area contributed by atoms with Crippen LogP contribution in [0.2, 0.25) is 0 Å². The van der Waals surface area contributed by atoms with E-state index in [-0.39, 0.29) is 5.91 Å². The molecule has 0 fully saturated rings. The fourth-order valence-electron chi connectivity index (χ4n) is 1.15. The van der Waals surface area contributed by atoms with E-state index in [1.54, 1.807) is 0 Å². The second-order valence-electron chi connectivity index (χ2n) is 3.37. The second kappa shape index (κ2) is 8.58. The first-order valence-corrected chi connectivity index (χ1v) is 5.14. The lowest BCUT2D eigenvalue weighted by molar-refractivity contribution is -0.121. The zero-order valence-electron chi connectivity index (χ0n) is 8.88. The maximum atomic E-state index is 11.3. The molecular formula is C11H20N2O. The van der Waals surface area contributed by atoms with Gasteiger partial charge in [0.1, 0.15) is 0 Å². The molecule has 0 bridgehead atoms. The van der Waals surface area contributed by atoms with Crippen molar-refractivity contribution in [3.63, 3.8) is 0 Å². The molecule has 3 nitrogen and oxygen atoms in total. The molecule has 1 atom stereocenters. The normalized spacial score (nSPS) is 11.8. The minimum absolute atomic E-state index is 0.0827. The number of nitrogens with two attached hydrogens (primary N) is 1. The smallest absolute Gasteiger partial charge is 0.220 e. The Balaban J connectivity index is 3.50. The van der Waals surface area contributed by atoms with Gasteiger partial charge in [0.15, 0.2) is 0 Å². The largest absolute Gasteiger partial charge is 0.356 e. The van der Waals surface area contributed by atoms with Crippen LogP contribution in [0.1, 0.15) is 32.6 Å². The van der Waals surface area contributed by atoms with E-state index >= 15 is 0 Å². The van der Waals surface area contributed by atoms with E-state index in [1.165, 1.54) is 0 Å². The summed E-state index contributed by atoms with van der Waals surface area (Å²) in [4.78, 5) is 11.3. The van der Waals surface area contributed by atoms with Gasteiger partial charge in [-0.05, 0) is 18.9 Å². The molecule has 0 spiro atoms. The Morgan fingerprint density at radius 2 is 2.36 bits per heavy atom. The van der Waals surface area contributed by atoms with Gasteiger partial charge in [-0.1, -0.05) is 13.3 Å². The fourth-order valence-corrected chi connectivity index (χ4v) is 1.15.